The summed E-state index contributed by atoms with van der Waals surface area (Å²) >= 11 is 5.83. The van der Waals surface area contributed by atoms with Crippen LogP contribution in [0.5, 0.6) is 0 Å². The summed E-state index contributed by atoms with van der Waals surface area (Å²) in [4.78, 5) is 13.9. The molecule has 0 radical (unpaired) electrons. The molecule has 0 spiro atoms. The van der Waals surface area contributed by atoms with E-state index in [1.807, 2.05) is 6.07 Å². The largest absolute Gasteiger partial charge is 0.481 e. The fourth-order valence-corrected chi connectivity index (χ4v) is 1.78. The Labute approximate surface area is 91.7 Å². The van der Waals surface area contributed by atoms with Crippen molar-refractivity contribution in [2.45, 2.75) is 12.8 Å². The Balaban J connectivity index is 2.59. The lowest BCUT2D eigenvalue weighted by Gasteiger charge is -2.03. The molecule has 78 valence electrons. The summed E-state index contributed by atoms with van der Waals surface area (Å²) in [7, 11) is 0. The molecule has 0 fully saturated rings. The number of carbonyl (C=O) groups is 1. The highest BCUT2D eigenvalue weighted by molar-refractivity contribution is 6.31. The van der Waals surface area contributed by atoms with E-state index in [2.05, 4.69) is 4.98 Å². The van der Waals surface area contributed by atoms with Crippen molar-refractivity contribution in [3.8, 4) is 0 Å². The van der Waals surface area contributed by atoms with Gasteiger partial charge < -0.3 is 10.1 Å². The molecule has 2 rings (SSSR count). The molecule has 0 bridgehead atoms. The third kappa shape index (κ3) is 1.70. The number of halogens is 1. The number of carboxylic acid groups (broad SMARTS) is 1. The van der Waals surface area contributed by atoms with Crippen LogP contribution in [0.2, 0.25) is 5.02 Å². The lowest BCUT2D eigenvalue weighted by Crippen LogP contribution is -2.06. The number of rotatable bonds is 2. The van der Waals surface area contributed by atoms with Crippen LogP contribution < -0.4 is 0 Å². The third-order valence-electron chi connectivity index (χ3n) is 2.51. The van der Waals surface area contributed by atoms with Crippen LogP contribution in [0, 0.1) is 0 Å². The van der Waals surface area contributed by atoms with Gasteiger partial charge >= 0.3 is 5.97 Å². The molecule has 2 aromatic rings. The van der Waals surface area contributed by atoms with Crippen LogP contribution in [0.4, 0.5) is 0 Å². The van der Waals surface area contributed by atoms with Crippen molar-refractivity contribution >= 4 is 28.5 Å². The van der Waals surface area contributed by atoms with E-state index in [0.717, 1.165) is 16.5 Å². The van der Waals surface area contributed by atoms with Gasteiger partial charge in [-0.3, -0.25) is 4.79 Å². The van der Waals surface area contributed by atoms with E-state index in [1.54, 1.807) is 25.3 Å². The molecule has 1 aromatic carbocycles. The van der Waals surface area contributed by atoms with Crippen molar-refractivity contribution in [2.75, 3.05) is 0 Å². The summed E-state index contributed by atoms with van der Waals surface area (Å²) in [6.45, 7) is 1.67. The summed E-state index contributed by atoms with van der Waals surface area (Å²) in [6.07, 6.45) is 1.72. The SMILES string of the molecule is CC(C(=O)O)c1c[nH]c2cc(Cl)ccc12. The highest BCUT2D eigenvalue weighted by atomic mass is 35.5. The van der Waals surface area contributed by atoms with Gasteiger partial charge in [-0.1, -0.05) is 17.7 Å². The normalized spacial score (nSPS) is 12.9. The molecular weight excluding hydrogens is 214 g/mol. The molecule has 4 heteroatoms. The zero-order chi connectivity index (χ0) is 11.0. The van der Waals surface area contributed by atoms with E-state index < -0.39 is 11.9 Å². The predicted molar refractivity (Wildman–Crippen MR) is 59.4 cm³/mol. The highest BCUT2D eigenvalue weighted by Crippen LogP contribution is 2.27. The van der Waals surface area contributed by atoms with Gasteiger partial charge in [0.1, 0.15) is 0 Å². The predicted octanol–water partition coefficient (Wildman–Crippen LogP) is 3.01. The second-order valence-corrected chi connectivity index (χ2v) is 3.93. The van der Waals surface area contributed by atoms with E-state index in [9.17, 15) is 4.79 Å². The van der Waals surface area contributed by atoms with Gasteiger partial charge in [-0.25, -0.2) is 0 Å². The average Bonchev–Trinajstić information content (AvgIpc) is 2.59. The van der Waals surface area contributed by atoms with Crippen molar-refractivity contribution in [3.63, 3.8) is 0 Å². The second-order valence-electron chi connectivity index (χ2n) is 3.49. The lowest BCUT2D eigenvalue weighted by atomic mass is 10.0. The molecule has 15 heavy (non-hydrogen) atoms. The lowest BCUT2D eigenvalue weighted by molar-refractivity contribution is -0.138. The summed E-state index contributed by atoms with van der Waals surface area (Å²) in [5.74, 6) is -1.34. The van der Waals surface area contributed by atoms with Gasteiger partial charge in [0.05, 0.1) is 5.92 Å². The number of carboxylic acids is 1. The average molecular weight is 224 g/mol. The number of hydrogen-bond donors (Lipinski definition) is 2. The van der Waals surface area contributed by atoms with Crippen molar-refractivity contribution in [1.29, 1.82) is 0 Å². The minimum atomic E-state index is -0.828. The fourth-order valence-electron chi connectivity index (χ4n) is 1.61. The minimum Gasteiger partial charge on any atom is -0.481 e. The Kier molecular flexibility index (Phi) is 2.40. The number of nitrogens with one attached hydrogen (secondary N) is 1. The molecule has 3 nitrogen and oxygen atoms in total. The van der Waals surface area contributed by atoms with E-state index in [4.69, 9.17) is 16.7 Å². The van der Waals surface area contributed by atoms with Gasteiger partial charge in [-0.2, -0.15) is 0 Å². The molecule has 1 atom stereocenters. The zero-order valence-electron chi connectivity index (χ0n) is 8.12. The summed E-state index contributed by atoms with van der Waals surface area (Å²) in [6, 6.07) is 5.38. The molecule has 1 heterocycles. The molecule has 0 amide bonds. The first kappa shape index (κ1) is 10.1. The van der Waals surface area contributed by atoms with E-state index in [1.165, 1.54) is 0 Å². The molecule has 0 aliphatic rings. The summed E-state index contributed by atoms with van der Waals surface area (Å²) in [5.41, 5.74) is 1.65. The quantitative estimate of drug-likeness (QED) is 0.822. The fraction of sp³-hybridized carbons (Fsp3) is 0.182. The number of aromatic nitrogens is 1. The van der Waals surface area contributed by atoms with E-state index in [0.29, 0.717) is 5.02 Å². The van der Waals surface area contributed by atoms with Crippen molar-refractivity contribution in [2.24, 2.45) is 0 Å². The summed E-state index contributed by atoms with van der Waals surface area (Å²) in [5, 5.41) is 10.5. The second kappa shape index (κ2) is 3.59. The maximum absolute atomic E-state index is 10.9. The van der Waals surface area contributed by atoms with Gasteiger partial charge in [-0.05, 0) is 24.6 Å². The van der Waals surface area contributed by atoms with Crippen LogP contribution in [0.15, 0.2) is 24.4 Å². The van der Waals surface area contributed by atoms with Crippen LogP contribution >= 0.6 is 11.6 Å². The molecule has 2 N–H and O–H groups in total. The first-order valence-corrected chi connectivity index (χ1v) is 4.96. The zero-order valence-corrected chi connectivity index (χ0v) is 8.88. The van der Waals surface area contributed by atoms with Gasteiger partial charge in [0.15, 0.2) is 0 Å². The summed E-state index contributed by atoms with van der Waals surface area (Å²) < 4.78 is 0. The maximum atomic E-state index is 10.9. The first-order chi connectivity index (χ1) is 7.09. The number of benzene rings is 1. The van der Waals surface area contributed by atoms with Gasteiger partial charge in [-0.15, -0.1) is 0 Å². The van der Waals surface area contributed by atoms with Crippen LogP contribution in [-0.4, -0.2) is 16.1 Å². The van der Waals surface area contributed by atoms with Crippen LogP contribution in [0.25, 0.3) is 10.9 Å². The van der Waals surface area contributed by atoms with Crippen LogP contribution in [-0.2, 0) is 4.79 Å². The van der Waals surface area contributed by atoms with Crippen LogP contribution in [0.3, 0.4) is 0 Å². The number of aromatic amines is 1. The minimum absolute atomic E-state index is 0.514. The number of fused-ring (bicyclic) bond motifs is 1. The van der Waals surface area contributed by atoms with Crippen LogP contribution in [0.1, 0.15) is 18.4 Å². The number of hydrogen-bond acceptors (Lipinski definition) is 1. The maximum Gasteiger partial charge on any atom is 0.310 e. The van der Waals surface area contributed by atoms with Crippen molar-refractivity contribution in [3.05, 3.63) is 35.0 Å². The van der Waals surface area contributed by atoms with E-state index in [-0.39, 0.29) is 0 Å². The number of aliphatic carboxylic acids is 1. The molecular formula is C11H10ClNO2. The molecule has 0 saturated carbocycles. The smallest absolute Gasteiger partial charge is 0.310 e. The molecule has 1 aromatic heterocycles. The molecule has 1 unspecified atom stereocenters. The van der Waals surface area contributed by atoms with Gasteiger partial charge in [0.2, 0.25) is 0 Å². The van der Waals surface area contributed by atoms with E-state index >= 15 is 0 Å². The Bertz CT molecular complexity index is 518. The molecule has 0 saturated heterocycles. The third-order valence-corrected chi connectivity index (χ3v) is 2.75. The Morgan fingerprint density at radius 1 is 1.53 bits per heavy atom. The molecule has 0 aliphatic heterocycles. The van der Waals surface area contributed by atoms with Gasteiger partial charge in [0, 0.05) is 22.1 Å². The monoisotopic (exact) mass is 223 g/mol. The van der Waals surface area contributed by atoms with Crippen molar-refractivity contribution < 1.29 is 9.90 Å². The Hall–Kier alpha value is -1.48. The topological polar surface area (TPSA) is 53.1 Å². The Morgan fingerprint density at radius 3 is 2.93 bits per heavy atom. The standard InChI is InChI=1S/C11H10ClNO2/c1-6(11(14)15)9-5-13-10-4-7(12)2-3-8(9)10/h2-6,13H,1H3,(H,14,15). The first-order valence-electron chi connectivity index (χ1n) is 4.59. The highest BCUT2D eigenvalue weighted by Gasteiger charge is 2.17. The molecule has 0 aliphatic carbocycles. The Morgan fingerprint density at radius 2 is 2.27 bits per heavy atom. The number of H-pyrrole nitrogens is 1. The van der Waals surface area contributed by atoms with Gasteiger partial charge in [0.25, 0.3) is 0 Å². The van der Waals surface area contributed by atoms with Crippen molar-refractivity contribution in [1.82, 2.24) is 4.98 Å².